The van der Waals surface area contributed by atoms with Gasteiger partial charge in [-0.3, -0.25) is 5.41 Å². The largest absolute Gasteiger partial charge is 0.508 e. The van der Waals surface area contributed by atoms with Gasteiger partial charge in [0, 0.05) is 19.5 Å². The first-order valence-electron chi connectivity index (χ1n) is 8.06. The second-order valence-electron chi connectivity index (χ2n) is 6.07. The van der Waals surface area contributed by atoms with Crippen LogP contribution in [0.4, 0.5) is 0 Å². The Kier molecular flexibility index (Phi) is 5.82. The standard InChI is InChI=1S/C19H26N2O/c1-3-10-21(14-17-8-5-9-18(22)12-17)19(20)13-16-7-4-6-15(2)11-16/h4-5,7-9,11-12,15,20,22H,3,6,10,13-14H2,1-2H3. The van der Waals surface area contributed by atoms with Crippen LogP contribution in [-0.4, -0.2) is 22.4 Å². The molecule has 1 aromatic carbocycles. The lowest BCUT2D eigenvalue weighted by Crippen LogP contribution is -2.31. The fourth-order valence-electron chi connectivity index (χ4n) is 2.80. The number of benzene rings is 1. The molecule has 3 heteroatoms. The van der Waals surface area contributed by atoms with Crippen LogP contribution in [0.1, 0.15) is 38.7 Å². The summed E-state index contributed by atoms with van der Waals surface area (Å²) >= 11 is 0. The summed E-state index contributed by atoms with van der Waals surface area (Å²) in [5, 5.41) is 18.0. The highest BCUT2D eigenvalue weighted by Crippen LogP contribution is 2.20. The van der Waals surface area contributed by atoms with E-state index in [0.29, 0.717) is 24.7 Å². The van der Waals surface area contributed by atoms with Crippen LogP contribution in [-0.2, 0) is 6.54 Å². The maximum absolute atomic E-state index is 9.59. The summed E-state index contributed by atoms with van der Waals surface area (Å²) in [4.78, 5) is 2.10. The van der Waals surface area contributed by atoms with Crippen LogP contribution in [0.2, 0.25) is 0 Å². The van der Waals surface area contributed by atoms with Crippen LogP contribution >= 0.6 is 0 Å². The highest BCUT2D eigenvalue weighted by molar-refractivity contribution is 5.82. The molecule has 0 heterocycles. The van der Waals surface area contributed by atoms with Gasteiger partial charge < -0.3 is 10.0 Å². The number of phenols is 1. The Balaban J connectivity index is 2.03. The zero-order valence-electron chi connectivity index (χ0n) is 13.5. The number of aromatic hydroxyl groups is 1. The van der Waals surface area contributed by atoms with Gasteiger partial charge in [0.1, 0.15) is 11.6 Å². The van der Waals surface area contributed by atoms with Crippen molar-refractivity contribution >= 4 is 5.84 Å². The molecule has 3 nitrogen and oxygen atoms in total. The van der Waals surface area contributed by atoms with Gasteiger partial charge in [-0.15, -0.1) is 0 Å². The summed E-state index contributed by atoms with van der Waals surface area (Å²) in [6.45, 7) is 5.88. The van der Waals surface area contributed by atoms with E-state index < -0.39 is 0 Å². The molecule has 1 unspecified atom stereocenters. The van der Waals surface area contributed by atoms with E-state index in [0.717, 1.165) is 24.9 Å². The van der Waals surface area contributed by atoms with Gasteiger partial charge >= 0.3 is 0 Å². The minimum Gasteiger partial charge on any atom is -0.508 e. The van der Waals surface area contributed by atoms with Gasteiger partial charge in [-0.2, -0.15) is 0 Å². The molecule has 118 valence electrons. The summed E-state index contributed by atoms with van der Waals surface area (Å²) in [7, 11) is 0. The van der Waals surface area contributed by atoms with Crippen LogP contribution in [0.5, 0.6) is 5.75 Å². The topological polar surface area (TPSA) is 47.3 Å². The quantitative estimate of drug-likeness (QED) is 0.600. The highest BCUT2D eigenvalue weighted by atomic mass is 16.3. The normalized spacial score (nSPS) is 17.2. The zero-order chi connectivity index (χ0) is 15.9. The van der Waals surface area contributed by atoms with Gasteiger partial charge in [0.25, 0.3) is 0 Å². The summed E-state index contributed by atoms with van der Waals surface area (Å²) in [5.74, 6) is 1.50. The molecule has 1 aliphatic carbocycles. The van der Waals surface area contributed by atoms with E-state index in [2.05, 4.69) is 37.0 Å². The Morgan fingerprint density at radius 1 is 1.41 bits per heavy atom. The predicted molar refractivity (Wildman–Crippen MR) is 92.2 cm³/mol. The van der Waals surface area contributed by atoms with Crippen molar-refractivity contribution in [2.24, 2.45) is 5.92 Å². The molecule has 0 bridgehead atoms. The molecule has 0 radical (unpaired) electrons. The number of nitrogens with one attached hydrogen (secondary N) is 1. The van der Waals surface area contributed by atoms with Crippen LogP contribution in [0, 0.1) is 11.3 Å². The Hall–Kier alpha value is -2.03. The number of phenolic OH excluding ortho intramolecular Hbond substituents is 1. The lowest BCUT2D eigenvalue weighted by molar-refractivity contribution is 0.401. The third-order valence-electron chi connectivity index (χ3n) is 3.87. The lowest BCUT2D eigenvalue weighted by atomic mass is 9.96. The SMILES string of the molecule is CCCN(Cc1cccc(O)c1)C(=N)CC1=CC(C)CC=C1. The molecule has 0 fully saturated rings. The number of hydrogen-bond donors (Lipinski definition) is 2. The van der Waals surface area contributed by atoms with Gasteiger partial charge in [0.05, 0.1) is 0 Å². The molecule has 0 aliphatic heterocycles. The molecule has 2 rings (SSSR count). The van der Waals surface area contributed by atoms with Crippen molar-refractivity contribution in [3.05, 3.63) is 53.6 Å². The maximum atomic E-state index is 9.59. The molecular formula is C19H26N2O. The average Bonchev–Trinajstić information content (AvgIpc) is 2.47. The Labute approximate surface area is 133 Å². The number of allylic oxidation sites excluding steroid dienone is 3. The molecule has 0 spiro atoms. The number of rotatable bonds is 6. The van der Waals surface area contributed by atoms with Crippen molar-refractivity contribution < 1.29 is 5.11 Å². The van der Waals surface area contributed by atoms with Gasteiger partial charge in [-0.1, -0.05) is 44.2 Å². The second kappa shape index (κ2) is 7.83. The third kappa shape index (κ3) is 4.76. The van der Waals surface area contributed by atoms with E-state index in [1.807, 2.05) is 12.1 Å². The van der Waals surface area contributed by atoms with Crippen LogP contribution in [0.3, 0.4) is 0 Å². The molecule has 1 aromatic rings. The molecule has 0 saturated heterocycles. The second-order valence-corrected chi connectivity index (χ2v) is 6.07. The first-order chi connectivity index (χ1) is 10.6. The maximum Gasteiger partial charge on any atom is 0.115 e. The average molecular weight is 298 g/mol. The van der Waals surface area contributed by atoms with E-state index >= 15 is 0 Å². The molecule has 0 aromatic heterocycles. The number of amidine groups is 1. The Bertz CT molecular complexity index is 575. The van der Waals surface area contributed by atoms with Crippen molar-refractivity contribution in [3.8, 4) is 5.75 Å². The molecule has 2 N–H and O–H groups in total. The Morgan fingerprint density at radius 2 is 2.23 bits per heavy atom. The van der Waals surface area contributed by atoms with E-state index in [1.165, 1.54) is 5.57 Å². The highest BCUT2D eigenvalue weighted by Gasteiger charge is 2.13. The minimum absolute atomic E-state index is 0.284. The molecule has 22 heavy (non-hydrogen) atoms. The molecular weight excluding hydrogens is 272 g/mol. The zero-order valence-corrected chi connectivity index (χ0v) is 13.5. The van der Waals surface area contributed by atoms with Gasteiger partial charge in [-0.25, -0.2) is 0 Å². The monoisotopic (exact) mass is 298 g/mol. The molecule has 1 atom stereocenters. The van der Waals surface area contributed by atoms with Crippen molar-refractivity contribution in [3.63, 3.8) is 0 Å². The molecule has 0 amide bonds. The summed E-state index contributed by atoms with van der Waals surface area (Å²) in [6, 6.07) is 7.31. The first-order valence-corrected chi connectivity index (χ1v) is 8.06. The summed E-state index contributed by atoms with van der Waals surface area (Å²) in [6.07, 6.45) is 9.40. The summed E-state index contributed by atoms with van der Waals surface area (Å²) in [5.41, 5.74) is 2.28. The van der Waals surface area contributed by atoms with Crippen molar-refractivity contribution in [1.82, 2.24) is 4.90 Å². The fraction of sp³-hybridized carbons (Fsp3) is 0.421. The lowest BCUT2D eigenvalue weighted by Gasteiger charge is -2.26. The van der Waals surface area contributed by atoms with Crippen molar-refractivity contribution in [2.45, 2.75) is 39.7 Å². The molecule has 1 aliphatic rings. The summed E-state index contributed by atoms with van der Waals surface area (Å²) < 4.78 is 0. The minimum atomic E-state index is 0.284. The van der Waals surface area contributed by atoms with E-state index in [9.17, 15) is 5.11 Å². The fourth-order valence-corrected chi connectivity index (χ4v) is 2.80. The van der Waals surface area contributed by atoms with E-state index in [-0.39, 0.29) is 5.75 Å². The van der Waals surface area contributed by atoms with Crippen molar-refractivity contribution in [1.29, 1.82) is 5.41 Å². The van der Waals surface area contributed by atoms with Gasteiger partial charge in [-0.05, 0) is 42.0 Å². The number of hydrogen-bond acceptors (Lipinski definition) is 2. The first kappa shape index (κ1) is 16.3. The number of nitrogens with zero attached hydrogens (tertiary/aromatic N) is 1. The predicted octanol–water partition coefficient (Wildman–Crippen LogP) is 4.49. The van der Waals surface area contributed by atoms with E-state index in [4.69, 9.17) is 5.41 Å². The van der Waals surface area contributed by atoms with E-state index in [1.54, 1.807) is 12.1 Å². The molecule has 0 saturated carbocycles. The van der Waals surface area contributed by atoms with Gasteiger partial charge in [0.2, 0.25) is 0 Å². The van der Waals surface area contributed by atoms with Crippen LogP contribution < -0.4 is 0 Å². The smallest absolute Gasteiger partial charge is 0.115 e. The van der Waals surface area contributed by atoms with Crippen molar-refractivity contribution in [2.75, 3.05) is 6.54 Å². The Morgan fingerprint density at radius 3 is 2.91 bits per heavy atom. The van der Waals surface area contributed by atoms with Crippen LogP contribution in [0.25, 0.3) is 0 Å². The van der Waals surface area contributed by atoms with Crippen LogP contribution in [0.15, 0.2) is 48.1 Å². The van der Waals surface area contributed by atoms with Gasteiger partial charge in [0.15, 0.2) is 0 Å². The third-order valence-corrected chi connectivity index (χ3v) is 3.87.